The minimum atomic E-state index is -1.02. The van der Waals surface area contributed by atoms with Gasteiger partial charge in [-0.1, -0.05) is 11.6 Å². The molecule has 0 bridgehead atoms. The van der Waals surface area contributed by atoms with E-state index in [-0.39, 0.29) is 0 Å². The molecule has 0 saturated heterocycles. The van der Waals surface area contributed by atoms with Crippen molar-refractivity contribution in [2.24, 2.45) is 0 Å². The van der Waals surface area contributed by atoms with E-state index in [1.807, 2.05) is 0 Å². The highest BCUT2D eigenvalue weighted by Crippen LogP contribution is 2.28. The molecule has 0 spiro atoms. The Hall–Kier alpha value is -2.20. The summed E-state index contributed by atoms with van der Waals surface area (Å²) in [6.45, 7) is 0. The Morgan fingerprint density at radius 2 is 2.11 bits per heavy atom. The molecule has 0 radical (unpaired) electrons. The number of hydrogen-bond donors (Lipinski definition) is 2. The first-order valence-electron chi connectivity index (χ1n) is 5.12. The number of anilines is 1. The van der Waals surface area contributed by atoms with Gasteiger partial charge < -0.3 is 15.3 Å². The first-order valence-corrected chi connectivity index (χ1v) is 5.50. The van der Waals surface area contributed by atoms with Crippen molar-refractivity contribution in [3.8, 4) is 11.3 Å². The van der Waals surface area contributed by atoms with Gasteiger partial charge in [0, 0.05) is 11.6 Å². The van der Waals surface area contributed by atoms with E-state index >= 15 is 0 Å². The number of carbonyl (C=O) groups is 1. The molecule has 2 rings (SSSR count). The van der Waals surface area contributed by atoms with Crippen molar-refractivity contribution >= 4 is 29.3 Å². The lowest BCUT2D eigenvalue weighted by Gasteiger charge is -2.00. The van der Waals surface area contributed by atoms with E-state index in [4.69, 9.17) is 26.9 Å². The van der Waals surface area contributed by atoms with Gasteiger partial charge in [-0.05, 0) is 36.4 Å². The van der Waals surface area contributed by atoms with Crippen molar-refractivity contribution in [3.05, 3.63) is 47.2 Å². The molecule has 0 fully saturated rings. The Bertz CT molecular complexity index is 616. The van der Waals surface area contributed by atoms with Crippen molar-refractivity contribution < 1.29 is 14.3 Å². The summed E-state index contributed by atoms with van der Waals surface area (Å²) in [5, 5.41) is 8.96. The fourth-order valence-electron chi connectivity index (χ4n) is 1.43. The smallest absolute Gasteiger partial charge is 0.328 e. The van der Waals surface area contributed by atoms with Crippen LogP contribution in [0, 0.1) is 0 Å². The van der Waals surface area contributed by atoms with Gasteiger partial charge in [-0.2, -0.15) is 0 Å². The van der Waals surface area contributed by atoms with Crippen LogP contribution >= 0.6 is 11.6 Å². The quantitative estimate of drug-likeness (QED) is 0.658. The molecular weight excluding hydrogens is 254 g/mol. The summed E-state index contributed by atoms with van der Waals surface area (Å²) in [5.41, 5.74) is 6.89. The third-order valence-electron chi connectivity index (χ3n) is 2.30. The zero-order valence-electron chi connectivity index (χ0n) is 9.26. The van der Waals surface area contributed by atoms with Gasteiger partial charge in [0.15, 0.2) is 0 Å². The minimum Gasteiger partial charge on any atom is -0.478 e. The highest BCUT2D eigenvalue weighted by molar-refractivity contribution is 6.33. The second-order valence-electron chi connectivity index (χ2n) is 3.61. The van der Waals surface area contributed by atoms with E-state index in [9.17, 15) is 4.79 Å². The molecule has 18 heavy (non-hydrogen) atoms. The lowest BCUT2D eigenvalue weighted by atomic mass is 10.1. The molecule has 2 aromatic rings. The van der Waals surface area contributed by atoms with Gasteiger partial charge in [0.25, 0.3) is 0 Å². The van der Waals surface area contributed by atoms with Crippen molar-refractivity contribution in [2.75, 3.05) is 5.73 Å². The maximum absolute atomic E-state index is 10.4. The number of carboxylic acid groups (broad SMARTS) is 1. The predicted molar refractivity (Wildman–Crippen MR) is 70.2 cm³/mol. The average molecular weight is 264 g/mol. The number of aliphatic carboxylic acids is 1. The Morgan fingerprint density at radius 1 is 1.33 bits per heavy atom. The van der Waals surface area contributed by atoms with Gasteiger partial charge in [-0.15, -0.1) is 0 Å². The third kappa shape index (κ3) is 2.73. The molecule has 0 aliphatic carbocycles. The molecule has 0 unspecified atom stereocenters. The number of nitrogen functional groups attached to an aromatic ring is 1. The molecule has 0 amide bonds. The highest BCUT2D eigenvalue weighted by Gasteiger charge is 2.05. The van der Waals surface area contributed by atoms with E-state index in [2.05, 4.69) is 0 Å². The average Bonchev–Trinajstić information content (AvgIpc) is 2.79. The maximum atomic E-state index is 10.4. The first-order chi connectivity index (χ1) is 8.56. The van der Waals surface area contributed by atoms with Crippen molar-refractivity contribution in [1.29, 1.82) is 0 Å². The molecule has 1 aromatic heterocycles. The third-order valence-corrected chi connectivity index (χ3v) is 2.63. The standard InChI is InChI=1S/C13H10ClNO3/c14-10-7-8(1-4-11(10)15)12-5-2-9(18-12)3-6-13(16)17/h1-7H,15H2,(H,16,17)/b6-3+. The molecule has 1 heterocycles. The van der Waals surface area contributed by atoms with Crippen molar-refractivity contribution in [3.63, 3.8) is 0 Å². The van der Waals surface area contributed by atoms with Crippen LogP contribution in [0.15, 0.2) is 40.8 Å². The van der Waals surface area contributed by atoms with Gasteiger partial charge in [-0.3, -0.25) is 0 Å². The monoisotopic (exact) mass is 263 g/mol. The number of furan rings is 1. The predicted octanol–water partition coefficient (Wildman–Crippen LogP) is 3.28. The Kier molecular flexibility index (Phi) is 3.39. The number of nitrogens with two attached hydrogens (primary N) is 1. The van der Waals surface area contributed by atoms with Gasteiger partial charge in [0.05, 0.1) is 10.7 Å². The van der Waals surface area contributed by atoms with E-state index in [1.165, 1.54) is 6.08 Å². The topological polar surface area (TPSA) is 76.5 Å². The number of halogens is 1. The molecule has 4 nitrogen and oxygen atoms in total. The van der Waals surface area contributed by atoms with E-state index in [1.54, 1.807) is 30.3 Å². The summed E-state index contributed by atoms with van der Waals surface area (Å²) in [7, 11) is 0. The largest absolute Gasteiger partial charge is 0.478 e. The van der Waals surface area contributed by atoms with Gasteiger partial charge >= 0.3 is 5.97 Å². The van der Waals surface area contributed by atoms with Gasteiger partial charge in [-0.25, -0.2) is 4.79 Å². The minimum absolute atomic E-state index is 0.450. The molecule has 0 aliphatic rings. The molecule has 0 atom stereocenters. The summed E-state index contributed by atoms with van der Waals surface area (Å²) in [4.78, 5) is 10.4. The highest BCUT2D eigenvalue weighted by atomic mass is 35.5. The number of rotatable bonds is 3. The van der Waals surface area contributed by atoms with E-state index in [0.29, 0.717) is 22.2 Å². The van der Waals surface area contributed by atoms with Crippen LogP contribution < -0.4 is 5.73 Å². The normalized spacial score (nSPS) is 10.9. The fraction of sp³-hybridized carbons (Fsp3) is 0. The molecule has 5 heteroatoms. The molecule has 0 aliphatic heterocycles. The van der Waals surface area contributed by atoms with Crippen LogP contribution in [0.4, 0.5) is 5.69 Å². The van der Waals surface area contributed by atoms with Gasteiger partial charge in [0.2, 0.25) is 0 Å². The number of benzene rings is 1. The fourth-order valence-corrected chi connectivity index (χ4v) is 1.61. The van der Waals surface area contributed by atoms with Crippen LogP contribution in [0.3, 0.4) is 0 Å². The zero-order valence-corrected chi connectivity index (χ0v) is 10.0. The molecule has 1 aromatic carbocycles. The van der Waals surface area contributed by atoms with Crippen LogP contribution in [-0.4, -0.2) is 11.1 Å². The molecule has 92 valence electrons. The molecule has 0 saturated carbocycles. The van der Waals surface area contributed by atoms with E-state index < -0.39 is 5.97 Å². The Balaban J connectivity index is 2.29. The van der Waals surface area contributed by atoms with Gasteiger partial charge in [0.1, 0.15) is 11.5 Å². The van der Waals surface area contributed by atoms with Crippen LogP contribution in [0.2, 0.25) is 5.02 Å². The Labute approximate surface area is 108 Å². The van der Waals surface area contributed by atoms with Crippen LogP contribution in [0.25, 0.3) is 17.4 Å². The summed E-state index contributed by atoms with van der Waals surface area (Å²) in [5.74, 6) is 0.0331. The SMILES string of the molecule is Nc1ccc(-c2ccc(/C=C/C(=O)O)o2)cc1Cl. The second kappa shape index (κ2) is 4.98. The lowest BCUT2D eigenvalue weighted by molar-refractivity contribution is -0.131. The zero-order chi connectivity index (χ0) is 13.1. The maximum Gasteiger partial charge on any atom is 0.328 e. The Morgan fingerprint density at radius 3 is 2.78 bits per heavy atom. The first kappa shape index (κ1) is 12.3. The molecule has 3 N–H and O–H groups in total. The van der Waals surface area contributed by atoms with Crippen LogP contribution in [0.5, 0.6) is 0 Å². The summed E-state index contributed by atoms with van der Waals surface area (Å²) < 4.78 is 5.47. The second-order valence-corrected chi connectivity index (χ2v) is 4.02. The number of hydrogen-bond acceptors (Lipinski definition) is 3. The summed E-state index contributed by atoms with van der Waals surface area (Å²) >= 11 is 5.91. The van der Waals surface area contributed by atoms with E-state index in [0.717, 1.165) is 11.6 Å². The lowest BCUT2D eigenvalue weighted by Crippen LogP contribution is -1.85. The van der Waals surface area contributed by atoms with Crippen molar-refractivity contribution in [1.82, 2.24) is 0 Å². The molecular formula is C13H10ClNO3. The van der Waals surface area contributed by atoms with Crippen LogP contribution in [0.1, 0.15) is 5.76 Å². The number of carboxylic acids is 1. The van der Waals surface area contributed by atoms with Crippen molar-refractivity contribution in [2.45, 2.75) is 0 Å². The van der Waals surface area contributed by atoms with Crippen LogP contribution in [-0.2, 0) is 4.79 Å². The summed E-state index contributed by atoms with van der Waals surface area (Å²) in [6, 6.07) is 8.58. The summed E-state index contributed by atoms with van der Waals surface area (Å²) in [6.07, 6.45) is 2.39.